The van der Waals surface area contributed by atoms with E-state index in [4.69, 9.17) is 0 Å². The Kier molecular flexibility index (Phi) is 10.2. The number of allylic oxidation sites excluding steroid dienone is 12. The molecule has 2 heteroatoms. The van der Waals surface area contributed by atoms with Gasteiger partial charge in [-0.1, -0.05) is 158 Å². The lowest BCUT2D eigenvalue weighted by Gasteiger charge is -2.30. The van der Waals surface area contributed by atoms with E-state index < -0.39 is 0 Å². The van der Waals surface area contributed by atoms with Crippen LogP contribution < -0.4 is 9.80 Å². The van der Waals surface area contributed by atoms with Gasteiger partial charge in [-0.2, -0.15) is 0 Å². The van der Waals surface area contributed by atoms with Crippen LogP contribution in [-0.4, -0.2) is 0 Å². The van der Waals surface area contributed by atoms with Crippen LogP contribution in [0, 0.1) is 12.1 Å². The smallest absolute Gasteiger partial charge is 0.0971 e. The summed E-state index contributed by atoms with van der Waals surface area (Å²) in [5.74, 6) is 0. The van der Waals surface area contributed by atoms with Crippen LogP contribution in [-0.2, 0) is 6.42 Å². The Labute approximate surface area is 353 Å². The summed E-state index contributed by atoms with van der Waals surface area (Å²) in [5.41, 5.74) is 10.6. The van der Waals surface area contributed by atoms with Gasteiger partial charge in [0.2, 0.25) is 0 Å². The molecule has 0 saturated carbocycles. The third-order valence-electron chi connectivity index (χ3n) is 11.9. The van der Waals surface area contributed by atoms with Gasteiger partial charge in [-0.05, 0) is 137 Å². The Balaban J connectivity index is 0.970. The van der Waals surface area contributed by atoms with E-state index in [1.54, 1.807) is 0 Å². The summed E-state index contributed by atoms with van der Waals surface area (Å²) in [5, 5.41) is 10.1. The Morgan fingerprint density at radius 2 is 1.08 bits per heavy atom. The maximum Gasteiger partial charge on any atom is 0.0971 e. The number of anilines is 4. The topological polar surface area (TPSA) is 6.48 Å². The van der Waals surface area contributed by atoms with Crippen molar-refractivity contribution in [3.05, 3.63) is 235 Å². The predicted molar refractivity (Wildman–Crippen MR) is 257 cm³/mol. The van der Waals surface area contributed by atoms with Gasteiger partial charge >= 0.3 is 0 Å². The van der Waals surface area contributed by atoms with Crippen molar-refractivity contribution in [2.24, 2.45) is 0 Å². The van der Waals surface area contributed by atoms with Gasteiger partial charge in [0.25, 0.3) is 0 Å². The van der Waals surface area contributed by atoms with Crippen LogP contribution >= 0.6 is 0 Å². The second-order valence-electron chi connectivity index (χ2n) is 15.6. The standard InChI is InChI=1S/C58H46N2/c1-2-17-43(44-34-38-50(39-35-44)60(48-22-7-4-8-23-48)58-41-46-19-10-12-25-52(46)54-27-14-16-29-56(54)58)33-30-42-31-36-49(37-32-42)59(47-20-5-3-6-21-47)57-40-45-18-9-11-24-51(45)53-26-13-15-28-55(53)57/h2-5,7,9-20,22,24-29,31,33-36,38-41H,6,8,21,23,30H2,1H3/b17-2-,43-33+. The van der Waals surface area contributed by atoms with Gasteiger partial charge in [-0.25, -0.2) is 0 Å². The van der Waals surface area contributed by atoms with E-state index in [1.807, 2.05) is 0 Å². The van der Waals surface area contributed by atoms with Gasteiger partial charge in [0.1, 0.15) is 0 Å². The molecular weight excluding hydrogens is 725 g/mol. The maximum atomic E-state index is 3.60. The highest BCUT2D eigenvalue weighted by Gasteiger charge is 2.21. The molecule has 0 unspecified atom stereocenters. The minimum absolute atomic E-state index is 0.747. The van der Waals surface area contributed by atoms with Crippen LogP contribution in [0.5, 0.6) is 0 Å². The summed E-state index contributed by atoms with van der Waals surface area (Å²) in [6.07, 6.45) is 24.8. The molecule has 2 aliphatic rings. The molecule has 8 aromatic rings. The fourth-order valence-corrected chi connectivity index (χ4v) is 9.03. The lowest BCUT2D eigenvalue weighted by molar-refractivity contribution is 0.919. The van der Waals surface area contributed by atoms with E-state index in [-0.39, 0.29) is 0 Å². The highest BCUT2D eigenvalue weighted by atomic mass is 15.2. The molecule has 60 heavy (non-hydrogen) atoms. The molecule has 0 spiro atoms. The molecule has 0 saturated heterocycles. The summed E-state index contributed by atoms with van der Waals surface area (Å²) >= 11 is 0. The zero-order chi connectivity index (χ0) is 40.3. The van der Waals surface area contributed by atoms with Crippen molar-refractivity contribution in [1.29, 1.82) is 0 Å². The molecule has 2 nitrogen and oxygen atoms in total. The molecule has 0 amide bonds. The van der Waals surface area contributed by atoms with E-state index in [0.29, 0.717) is 0 Å². The van der Waals surface area contributed by atoms with Crippen molar-refractivity contribution in [3.8, 4) is 0 Å². The highest BCUT2D eigenvalue weighted by Crippen LogP contribution is 2.43. The van der Waals surface area contributed by atoms with Crippen molar-refractivity contribution in [3.63, 3.8) is 0 Å². The quantitative estimate of drug-likeness (QED) is 0.101. The van der Waals surface area contributed by atoms with E-state index in [0.717, 1.165) is 49.0 Å². The number of hydrogen-bond acceptors (Lipinski definition) is 2. The fraction of sp³-hybridized carbons (Fsp3) is 0.103. The van der Waals surface area contributed by atoms with Crippen molar-refractivity contribution >= 4 is 71.4 Å². The maximum absolute atomic E-state index is 3.60. The lowest BCUT2D eigenvalue weighted by atomic mass is 9.97. The molecule has 0 fully saturated rings. The summed E-state index contributed by atoms with van der Waals surface area (Å²) < 4.78 is 0. The van der Waals surface area contributed by atoms with Crippen LogP contribution in [0.3, 0.4) is 0 Å². The molecule has 2 aliphatic carbocycles. The van der Waals surface area contributed by atoms with E-state index in [1.165, 1.54) is 77.0 Å². The fourth-order valence-electron chi connectivity index (χ4n) is 9.03. The van der Waals surface area contributed by atoms with Crippen molar-refractivity contribution in [1.82, 2.24) is 0 Å². The number of fused-ring (bicyclic) bond motifs is 6. The monoisotopic (exact) mass is 770 g/mol. The SMILES string of the molecule is C/C=C\C(=C/Cc1c#cc(N(C2=CC=CCC2)c2cc3ccccc3c3ccccc23)cc1)c1ccc(N(C2=CC=CCC2)c2cc3ccccc3c3ccccc23)cc1. The lowest BCUT2D eigenvalue weighted by Crippen LogP contribution is -2.17. The van der Waals surface area contributed by atoms with Gasteiger partial charge in [0.15, 0.2) is 0 Å². The van der Waals surface area contributed by atoms with Gasteiger partial charge < -0.3 is 9.80 Å². The predicted octanol–water partition coefficient (Wildman–Crippen LogP) is 15.8. The van der Waals surface area contributed by atoms with Crippen LogP contribution in [0.25, 0.3) is 48.7 Å². The Morgan fingerprint density at radius 1 is 0.550 bits per heavy atom. The molecule has 0 atom stereocenters. The van der Waals surface area contributed by atoms with Crippen LogP contribution in [0.1, 0.15) is 43.7 Å². The largest absolute Gasteiger partial charge is 0.314 e. The molecule has 8 aromatic carbocycles. The molecule has 0 N–H and O–H groups in total. The van der Waals surface area contributed by atoms with Crippen molar-refractivity contribution < 1.29 is 0 Å². The van der Waals surface area contributed by atoms with E-state index in [9.17, 15) is 0 Å². The zero-order valence-electron chi connectivity index (χ0n) is 34.0. The highest BCUT2D eigenvalue weighted by molar-refractivity contribution is 6.15. The molecule has 0 aliphatic heterocycles. The Morgan fingerprint density at radius 3 is 1.62 bits per heavy atom. The van der Waals surface area contributed by atoms with Gasteiger partial charge in [0, 0.05) is 33.4 Å². The average molecular weight is 771 g/mol. The van der Waals surface area contributed by atoms with Gasteiger partial charge in [-0.3, -0.25) is 0 Å². The van der Waals surface area contributed by atoms with Gasteiger partial charge in [0.05, 0.1) is 17.1 Å². The second kappa shape index (κ2) is 16.5. The summed E-state index contributed by atoms with van der Waals surface area (Å²) in [6, 6.07) is 60.4. The first-order valence-electron chi connectivity index (χ1n) is 21.2. The number of nitrogens with zero attached hydrogens (tertiary/aromatic N) is 2. The Hall–Kier alpha value is -7.34. The van der Waals surface area contributed by atoms with E-state index >= 15 is 0 Å². The number of rotatable bonds is 10. The molecule has 288 valence electrons. The first-order valence-corrected chi connectivity index (χ1v) is 21.2. The molecular formula is C58H46N2. The summed E-state index contributed by atoms with van der Waals surface area (Å²) in [4.78, 5) is 4.86. The van der Waals surface area contributed by atoms with Gasteiger partial charge in [-0.15, -0.1) is 0 Å². The molecule has 0 aromatic heterocycles. The molecule has 0 radical (unpaired) electrons. The zero-order valence-corrected chi connectivity index (χ0v) is 34.0. The second-order valence-corrected chi connectivity index (χ2v) is 15.6. The third-order valence-corrected chi connectivity index (χ3v) is 11.9. The molecule has 10 rings (SSSR count). The number of hydrogen-bond donors (Lipinski definition) is 0. The summed E-state index contributed by atoms with van der Waals surface area (Å²) in [6.45, 7) is 2.09. The minimum Gasteiger partial charge on any atom is -0.314 e. The molecule has 0 bridgehead atoms. The average Bonchev–Trinajstić information content (AvgIpc) is 3.32. The number of benzene rings is 7. The van der Waals surface area contributed by atoms with Crippen molar-refractivity contribution in [2.75, 3.05) is 9.80 Å². The van der Waals surface area contributed by atoms with Crippen LogP contribution in [0.15, 0.2) is 212 Å². The van der Waals surface area contributed by atoms with Crippen molar-refractivity contribution in [2.45, 2.75) is 39.0 Å². The normalized spacial score (nSPS) is 14.2. The van der Waals surface area contributed by atoms with E-state index in [2.05, 4.69) is 229 Å². The molecule has 0 heterocycles. The first-order chi connectivity index (χ1) is 29.7. The van der Waals surface area contributed by atoms with Crippen LogP contribution in [0.4, 0.5) is 22.7 Å². The van der Waals surface area contributed by atoms with Crippen LogP contribution in [0.2, 0.25) is 0 Å². The third kappa shape index (κ3) is 7.10. The summed E-state index contributed by atoms with van der Waals surface area (Å²) in [7, 11) is 0. The first kappa shape index (κ1) is 37.0. The minimum atomic E-state index is 0.747. The Bertz CT molecular complexity index is 3060.